The molecule has 1 aromatic carbocycles. The Morgan fingerprint density at radius 1 is 1.33 bits per heavy atom. The Morgan fingerprint density at radius 2 is 2.11 bits per heavy atom. The van der Waals surface area contributed by atoms with Gasteiger partial charge in [0, 0.05) is 12.6 Å². The average molecular weight is 409 g/mol. The molecule has 1 aromatic heterocycles. The molecule has 1 fully saturated rings. The molecule has 27 heavy (non-hydrogen) atoms. The number of unbranched alkanes of at least 4 members (excludes halogenated alkanes) is 1. The molecule has 1 aliphatic rings. The van der Waals surface area contributed by atoms with Gasteiger partial charge in [0.15, 0.2) is 9.84 Å². The number of aromatic nitrogens is 3. The highest BCUT2D eigenvalue weighted by Crippen LogP contribution is 2.20. The van der Waals surface area contributed by atoms with E-state index in [1.54, 1.807) is 11.0 Å². The zero-order valence-corrected chi connectivity index (χ0v) is 17.9. The van der Waals surface area contributed by atoms with E-state index in [-0.39, 0.29) is 17.5 Å². The van der Waals surface area contributed by atoms with Gasteiger partial charge >= 0.3 is 0 Å². The third-order valence-electron chi connectivity index (χ3n) is 5.18. The zero-order valence-electron chi connectivity index (χ0n) is 16.3. The molecule has 2 heterocycles. The maximum Gasteiger partial charge on any atom is 0.203 e. The standard InChI is InChI=1S/C19H28N4O2S2/c1-4-5-9-21(17-8-10-27(24,25)12-17)14-23-19(26)22(13-20-23)18-7-6-15(2)11-16(18)3/h6-7,11,13,17H,4-5,8-10,12,14H2,1-3H3. The summed E-state index contributed by atoms with van der Waals surface area (Å²) in [6, 6.07) is 6.31. The van der Waals surface area contributed by atoms with Crippen molar-refractivity contribution in [1.82, 2.24) is 19.2 Å². The van der Waals surface area contributed by atoms with Crippen molar-refractivity contribution in [3.63, 3.8) is 0 Å². The first-order valence-electron chi connectivity index (χ1n) is 9.47. The molecule has 2 aromatic rings. The van der Waals surface area contributed by atoms with Crippen molar-refractivity contribution in [3.8, 4) is 5.69 Å². The second-order valence-electron chi connectivity index (χ2n) is 7.44. The molecule has 0 bridgehead atoms. The molecule has 0 saturated carbocycles. The molecule has 1 unspecified atom stereocenters. The lowest BCUT2D eigenvalue weighted by molar-refractivity contribution is 0.152. The molecule has 6 nitrogen and oxygen atoms in total. The average Bonchev–Trinajstić information content (AvgIpc) is 3.14. The van der Waals surface area contributed by atoms with Crippen molar-refractivity contribution in [2.75, 3.05) is 18.1 Å². The number of benzene rings is 1. The normalized spacial score (nSPS) is 19.0. The van der Waals surface area contributed by atoms with E-state index < -0.39 is 9.84 Å². The first-order chi connectivity index (χ1) is 12.8. The van der Waals surface area contributed by atoms with E-state index in [9.17, 15) is 8.42 Å². The molecule has 0 spiro atoms. The first kappa shape index (κ1) is 20.2. The summed E-state index contributed by atoms with van der Waals surface area (Å²) in [4.78, 5) is 2.23. The van der Waals surface area contributed by atoms with Gasteiger partial charge in [0.1, 0.15) is 6.33 Å². The Kier molecular flexibility index (Phi) is 6.18. The van der Waals surface area contributed by atoms with Crippen molar-refractivity contribution in [2.45, 2.75) is 52.7 Å². The molecule has 0 radical (unpaired) electrons. The summed E-state index contributed by atoms with van der Waals surface area (Å²) in [6.45, 7) is 7.66. The topological polar surface area (TPSA) is 60.1 Å². The Morgan fingerprint density at radius 3 is 2.74 bits per heavy atom. The quantitative estimate of drug-likeness (QED) is 0.658. The Labute approximate surface area is 166 Å². The minimum Gasteiger partial charge on any atom is -0.280 e. The second-order valence-corrected chi connectivity index (χ2v) is 10.0. The van der Waals surface area contributed by atoms with E-state index in [4.69, 9.17) is 12.2 Å². The predicted octanol–water partition coefficient (Wildman–Crippen LogP) is 3.27. The minimum atomic E-state index is -2.92. The molecule has 1 atom stereocenters. The molecule has 0 aliphatic carbocycles. The fourth-order valence-electron chi connectivity index (χ4n) is 3.64. The number of aryl methyl sites for hydroxylation is 2. The highest BCUT2D eigenvalue weighted by atomic mass is 32.2. The van der Waals surface area contributed by atoms with Crippen molar-refractivity contribution >= 4 is 22.1 Å². The highest BCUT2D eigenvalue weighted by Gasteiger charge is 2.32. The van der Waals surface area contributed by atoms with Gasteiger partial charge < -0.3 is 0 Å². The molecule has 8 heteroatoms. The molecule has 1 aliphatic heterocycles. The van der Waals surface area contributed by atoms with E-state index in [1.807, 2.05) is 4.57 Å². The molecule has 1 saturated heterocycles. The van der Waals surface area contributed by atoms with Crippen LogP contribution in [-0.2, 0) is 16.5 Å². The van der Waals surface area contributed by atoms with Crippen LogP contribution < -0.4 is 0 Å². The van der Waals surface area contributed by atoms with Gasteiger partial charge in [-0.05, 0) is 50.5 Å². The van der Waals surface area contributed by atoms with Crippen LogP contribution in [0.15, 0.2) is 24.5 Å². The number of nitrogens with zero attached hydrogens (tertiary/aromatic N) is 4. The molecular weight excluding hydrogens is 380 g/mol. The van der Waals surface area contributed by atoms with Gasteiger partial charge in [-0.1, -0.05) is 31.0 Å². The van der Waals surface area contributed by atoms with Crippen molar-refractivity contribution in [3.05, 3.63) is 40.4 Å². The van der Waals surface area contributed by atoms with Crippen LogP contribution in [0.2, 0.25) is 0 Å². The van der Waals surface area contributed by atoms with Crippen molar-refractivity contribution in [1.29, 1.82) is 0 Å². The fourth-order valence-corrected chi connectivity index (χ4v) is 5.65. The molecular formula is C19H28N4O2S2. The van der Waals surface area contributed by atoms with Crippen LogP contribution in [-0.4, -0.2) is 51.8 Å². The maximum atomic E-state index is 11.9. The van der Waals surface area contributed by atoms with E-state index in [1.165, 1.54) is 5.56 Å². The van der Waals surface area contributed by atoms with Crippen LogP contribution in [0.5, 0.6) is 0 Å². The smallest absolute Gasteiger partial charge is 0.203 e. The van der Waals surface area contributed by atoms with Crippen LogP contribution in [0, 0.1) is 18.6 Å². The highest BCUT2D eigenvalue weighted by molar-refractivity contribution is 7.91. The van der Waals surface area contributed by atoms with Crippen molar-refractivity contribution < 1.29 is 8.42 Å². The second kappa shape index (κ2) is 8.24. The van der Waals surface area contributed by atoms with Gasteiger partial charge in [-0.2, -0.15) is 5.10 Å². The third kappa shape index (κ3) is 4.67. The van der Waals surface area contributed by atoms with Crippen LogP contribution in [0.1, 0.15) is 37.3 Å². The summed E-state index contributed by atoms with van der Waals surface area (Å²) in [6.07, 6.45) is 4.54. The van der Waals surface area contributed by atoms with Gasteiger partial charge in [0.05, 0.1) is 23.9 Å². The fraction of sp³-hybridized carbons (Fsp3) is 0.579. The number of hydrogen-bond donors (Lipinski definition) is 0. The van der Waals surface area contributed by atoms with Crippen molar-refractivity contribution in [2.24, 2.45) is 0 Å². The Balaban J connectivity index is 1.85. The van der Waals surface area contributed by atoms with E-state index in [0.717, 1.165) is 30.6 Å². The SMILES string of the molecule is CCCCN(Cn1ncn(-c2ccc(C)cc2C)c1=S)C1CCS(=O)(=O)C1. The molecule has 3 rings (SSSR count). The lowest BCUT2D eigenvalue weighted by atomic mass is 10.1. The van der Waals surface area contributed by atoms with Crippen LogP contribution in [0.4, 0.5) is 0 Å². The first-order valence-corrected chi connectivity index (χ1v) is 11.7. The summed E-state index contributed by atoms with van der Waals surface area (Å²) in [5.74, 6) is 0.518. The van der Waals surface area contributed by atoms with E-state index >= 15 is 0 Å². The summed E-state index contributed by atoms with van der Waals surface area (Å²) < 4.78 is 28.2. The lowest BCUT2D eigenvalue weighted by Gasteiger charge is -2.27. The predicted molar refractivity (Wildman–Crippen MR) is 111 cm³/mol. The zero-order chi connectivity index (χ0) is 19.6. The van der Waals surface area contributed by atoms with Crippen LogP contribution in [0.25, 0.3) is 5.69 Å². The summed E-state index contributed by atoms with van der Waals surface area (Å²) in [7, 11) is -2.92. The number of sulfone groups is 1. The Hall–Kier alpha value is -1.51. The van der Waals surface area contributed by atoms with Crippen LogP contribution >= 0.6 is 12.2 Å². The van der Waals surface area contributed by atoms with Gasteiger partial charge in [0.2, 0.25) is 4.77 Å². The van der Waals surface area contributed by atoms with Gasteiger partial charge in [-0.3, -0.25) is 9.47 Å². The number of hydrogen-bond acceptors (Lipinski definition) is 5. The van der Waals surface area contributed by atoms with E-state index in [2.05, 4.69) is 49.0 Å². The molecule has 0 amide bonds. The minimum absolute atomic E-state index is 0.0507. The Bertz CT molecular complexity index is 962. The molecule has 0 N–H and O–H groups in total. The summed E-state index contributed by atoms with van der Waals surface area (Å²) in [5, 5.41) is 4.50. The third-order valence-corrected chi connectivity index (χ3v) is 7.34. The monoisotopic (exact) mass is 408 g/mol. The maximum absolute atomic E-state index is 11.9. The summed E-state index contributed by atoms with van der Waals surface area (Å²) in [5.41, 5.74) is 3.39. The van der Waals surface area contributed by atoms with Gasteiger partial charge in [-0.25, -0.2) is 13.1 Å². The van der Waals surface area contributed by atoms with E-state index in [0.29, 0.717) is 17.9 Å². The van der Waals surface area contributed by atoms with Gasteiger partial charge in [0.25, 0.3) is 0 Å². The largest absolute Gasteiger partial charge is 0.280 e. The molecule has 148 valence electrons. The van der Waals surface area contributed by atoms with Crippen LogP contribution in [0.3, 0.4) is 0 Å². The summed E-state index contributed by atoms with van der Waals surface area (Å²) >= 11 is 5.67. The number of rotatable bonds is 7. The van der Waals surface area contributed by atoms with Gasteiger partial charge in [-0.15, -0.1) is 0 Å². The lowest BCUT2D eigenvalue weighted by Crippen LogP contribution is -2.38.